The molecule has 4 aromatic rings. The lowest BCUT2D eigenvalue weighted by Crippen LogP contribution is -2.38. The van der Waals surface area contributed by atoms with Crippen LogP contribution in [-0.4, -0.2) is 22.8 Å². The van der Waals surface area contributed by atoms with E-state index in [1.54, 1.807) is 18.0 Å². The molecule has 0 saturated heterocycles. The summed E-state index contributed by atoms with van der Waals surface area (Å²) in [6.07, 6.45) is 1.05. The first-order chi connectivity index (χ1) is 16.5. The van der Waals surface area contributed by atoms with Crippen molar-refractivity contribution in [3.63, 3.8) is 0 Å². The second-order valence-corrected chi connectivity index (χ2v) is 8.05. The zero-order valence-electron chi connectivity index (χ0n) is 18.1. The Hall–Kier alpha value is -4.04. The van der Waals surface area contributed by atoms with Gasteiger partial charge in [0.2, 0.25) is 0 Å². The van der Waals surface area contributed by atoms with Crippen molar-refractivity contribution in [2.24, 2.45) is 0 Å². The van der Waals surface area contributed by atoms with Crippen molar-refractivity contribution in [3.05, 3.63) is 100 Å². The van der Waals surface area contributed by atoms with E-state index in [4.69, 9.17) is 21.1 Å². The van der Waals surface area contributed by atoms with Crippen molar-refractivity contribution in [3.8, 4) is 17.2 Å². The molecule has 2 heterocycles. The van der Waals surface area contributed by atoms with Gasteiger partial charge in [0.1, 0.15) is 41.5 Å². The van der Waals surface area contributed by atoms with Gasteiger partial charge in [-0.05, 0) is 42.0 Å². The van der Waals surface area contributed by atoms with Crippen molar-refractivity contribution in [2.75, 3.05) is 12.4 Å². The molecular formula is C25H20ClFN4O3. The molecule has 7 nitrogen and oxygen atoms in total. The summed E-state index contributed by atoms with van der Waals surface area (Å²) >= 11 is 5.85. The Morgan fingerprint density at radius 3 is 2.68 bits per heavy atom. The van der Waals surface area contributed by atoms with E-state index in [1.165, 1.54) is 18.2 Å². The van der Waals surface area contributed by atoms with Crippen molar-refractivity contribution in [1.82, 2.24) is 15.1 Å². The number of fused-ring (bicyclic) bond motifs is 1. The molecule has 1 atom stereocenters. The van der Waals surface area contributed by atoms with Crippen LogP contribution in [0.25, 0.3) is 5.69 Å². The third-order valence-corrected chi connectivity index (χ3v) is 5.78. The fourth-order valence-electron chi connectivity index (χ4n) is 3.79. The number of hydrogen-bond acceptors (Lipinski definition) is 5. The summed E-state index contributed by atoms with van der Waals surface area (Å²) in [5, 5.41) is 10.7. The highest BCUT2D eigenvalue weighted by atomic mass is 35.5. The smallest absolute Gasteiger partial charge is 0.258 e. The molecule has 0 unspecified atom stereocenters. The van der Waals surface area contributed by atoms with Crippen LogP contribution < -0.4 is 20.1 Å². The Bertz CT molecular complexity index is 1360. The van der Waals surface area contributed by atoms with Crippen LogP contribution in [0, 0.1) is 5.82 Å². The minimum absolute atomic E-state index is 0.0156. The van der Waals surface area contributed by atoms with Gasteiger partial charge in [0.15, 0.2) is 0 Å². The fraction of sp³-hybridized carbons (Fsp3) is 0.120. The van der Waals surface area contributed by atoms with E-state index < -0.39 is 12.0 Å². The van der Waals surface area contributed by atoms with Crippen molar-refractivity contribution < 1.29 is 18.7 Å². The molecule has 0 aliphatic carbocycles. The van der Waals surface area contributed by atoms with Crippen LogP contribution in [0.5, 0.6) is 11.5 Å². The molecule has 0 fully saturated rings. The molecule has 0 spiro atoms. The van der Waals surface area contributed by atoms with E-state index >= 15 is 0 Å². The Labute approximate surface area is 200 Å². The SMILES string of the molecule is COc1ccc([C@@H]2NC(=O)c3cnn(-c4ccccc4)c3N2)cc1COc1ccc(F)c(Cl)c1. The van der Waals surface area contributed by atoms with Crippen LogP contribution in [0.3, 0.4) is 0 Å². The summed E-state index contributed by atoms with van der Waals surface area (Å²) in [7, 11) is 1.57. The van der Waals surface area contributed by atoms with Crippen LogP contribution >= 0.6 is 11.6 Å². The number of para-hydroxylation sites is 1. The maximum absolute atomic E-state index is 13.4. The third-order valence-electron chi connectivity index (χ3n) is 5.49. The highest BCUT2D eigenvalue weighted by molar-refractivity contribution is 6.30. The van der Waals surface area contributed by atoms with Crippen molar-refractivity contribution >= 4 is 23.3 Å². The number of hydrogen-bond donors (Lipinski definition) is 2. The molecule has 1 aliphatic heterocycles. The lowest BCUT2D eigenvalue weighted by Gasteiger charge is -2.27. The van der Waals surface area contributed by atoms with Crippen molar-refractivity contribution in [2.45, 2.75) is 12.8 Å². The van der Waals surface area contributed by atoms with Gasteiger partial charge < -0.3 is 20.1 Å². The number of benzene rings is 3. The Balaban J connectivity index is 1.42. The van der Waals surface area contributed by atoms with Gasteiger partial charge in [-0.2, -0.15) is 5.10 Å². The van der Waals surface area contributed by atoms with Crippen LogP contribution in [0.2, 0.25) is 5.02 Å². The molecule has 1 aromatic heterocycles. The van der Waals surface area contributed by atoms with E-state index in [9.17, 15) is 9.18 Å². The molecule has 172 valence electrons. The first-order valence-corrected chi connectivity index (χ1v) is 10.9. The Morgan fingerprint density at radius 1 is 1.09 bits per heavy atom. The topological polar surface area (TPSA) is 77.4 Å². The second kappa shape index (κ2) is 9.07. The maximum atomic E-state index is 13.4. The van der Waals surface area contributed by atoms with E-state index in [-0.39, 0.29) is 17.5 Å². The van der Waals surface area contributed by atoms with Crippen LogP contribution in [0.4, 0.5) is 10.2 Å². The van der Waals surface area contributed by atoms with Gasteiger partial charge >= 0.3 is 0 Å². The molecule has 3 aromatic carbocycles. The average Bonchev–Trinajstić information content (AvgIpc) is 3.30. The largest absolute Gasteiger partial charge is 0.496 e. The summed E-state index contributed by atoms with van der Waals surface area (Å²) in [5.41, 5.74) is 2.85. The minimum Gasteiger partial charge on any atom is -0.496 e. The van der Waals surface area contributed by atoms with Gasteiger partial charge in [0.25, 0.3) is 5.91 Å². The normalized spacial score (nSPS) is 14.7. The van der Waals surface area contributed by atoms with E-state index in [0.29, 0.717) is 22.9 Å². The number of nitrogens with zero attached hydrogens (tertiary/aromatic N) is 2. The third kappa shape index (κ3) is 4.15. The standard InChI is InChI=1S/C25H20ClFN4O3/c1-33-22-10-7-15(11-16(22)14-34-18-8-9-21(27)20(26)12-18)23-29-24-19(25(32)30-23)13-28-31(24)17-5-3-2-4-6-17/h2-13,23,29H,14H2,1H3,(H,30,32)/t23-/m0/s1. The Morgan fingerprint density at radius 2 is 1.91 bits per heavy atom. The predicted molar refractivity (Wildman–Crippen MR) is 126 cm³/mol. The van der Waals surface area contributed by atoms with Crippen LogP contribution in [0.1, 0.15) is 27.7 Å². The van der Waals surface area contributed by atoms with E-state index in [0.717, 1.165) is 16.8 Å². The average molecular weight is 479 g/mol. The number of rotatable bonds is 6. The van der Waals surface area contributed by atoms with Crippen molar-refractivity contribution in [1.29, 1.82) is 0 Å². The number of methoxy groups -OCH3 is 1. The highest BCUT2D eigenvalue weighted by Crippen LogP contribution is 2.31. The molecular weight excluding hydrogens is 459 g/mol. The van der Waals surface area contributed by atoms with E-state index in [1.807, 2.05) is 48.5 Å². The van der Waals surface area contributed by atoms with Gasteiger partial charge in [0, 0.05) is 11.6 Å². The number of ether oxygens (including phenoxy) is 2. The lowest BCUT2D eigenvalue weighted by atomic mass is 10.1. The van der Waals surface area contributed by atoms with Gasteiger partial charge in [-0.15, -0.1) is 0 Å². The van der Waals surface area contributed by atoms with Gasteiger partial charge in [-0.3, -0.25) is 4.79 Å². The summed E-state index contributed by atoms with van der Waals surface area (Å²) in [5.74, 6) is 0.917. The maximum Gasteiger partial charge on any atom is 0.258 e. The van der Waals surface area contributed by atoms with Crippen LogP contribution in [0.15, 0.2) is 72.9 Å². The number of carbonyl (C=O) groups is 1. The lowest BCUT2D eigenvalue weighted by molar-refractivity contribution is 0.0935. The van der Waals surface area contributed by atoms with E-state index in [2.05, 4.69) is 15.7 Å². The first kappa shape index (κ1) is 21.8. The molecule has 0 radical (unpaired) electrons. The number of carbonyl (C=O) groups excluding carboxylic acids is 1. The summed E-state index contributed by atoms with van der Waals surface area (Å²) in [6.45, 7) is 0.160. The van der Waals surface area contributed by atoms with Crippen LogP contribution in [-0.2, 0) is 6.61 Å². The summed E-state index contributed by atoms with van der Waals surface area (Å²) in [4.78, 5) is 12.8. The first-order valence-electron chi connectivity index (χ1n) is 10.5. The molecule has 0 saturated carbocycles. The molecule has 34 heavy (non-hydrogen) atoms. The molecule has 1 amide bonds. The highest BCUT2D eigenvalue weighted by Gasteiger charge is 2.29. The Kier molecular flexibility index (Phi) is 5.81. The molecule has 2 N–H and O–H groups in total. The molecule has 0 bridgehead atoms. The molecule has 9 heteroatoms. The monoisotopic (exact) mass is 478 g/mol. The zero-order valence-corrected chi connectivity index (χ0v) is 18.8. The predicted octanol–water partition coefficient (Wildman–Crippen LogP) is 5.11. The second-order valence-electron chi connectivity index (χ2n) is 7.64. The summed E-state index contributed by atoms with van der Waals surface area (Å²) in [6, 6.07) is 19.3. The number of anilines is 1. The number of nitrogens with one attached hydrogen (secondary N) is 2. The van der Waals surface area contributed by atoms with Gasteiger partial charge in [0.05, 0.1) is 24.0 Å². The molecule has 1 aliphatic rings. The summed E-state index contributed by atoms with van der Waals surface area (Å²) < 4.78 is 26.4. The zero-order chi connectivity index (χ0) is 23.7. The minimum atomic E-state index is -0.512. The number of amides is 1. The molecule has 5 rings (SSSR count). The fourth-order valence-corrected chi connectivity index (χ4v) is 3.96. The quantitative estimate of drug-likeness (QED) is 0.403. The number of halogens is 2. The number of aromatic nitrogens is 2. The van der Waals surface area contributed by atoms with Gasteiger partial charge in [-0.25, -0.2) is 9.07 Å². The van der Waals surface area contributed by atoms with Gasteiger partial charge in [-0.1, -0.05) is 35.9 Å².